The zero-order valence-electron chi connectivity index (χ0n) is 17.0. The van der Waals surface area contributed by atoms with Crippen LogP contribution in [-0.4, -0.2) is 9.94 Å². The zero-order chi connectivity index (χ0) is 22.3. The minimum absolute atomic E-state index is 0.0784. The van der Waals surface area contributed by atoms with Crippen LogP contribution >= 0.6 is 11.6 Å². The van der Waals surface area contributed by atoms with E-state index in [0.29, 0.717) is 40.0 Å². The number of benzene rings is 2. The van der Waals surface area contributed by atoms with Crippen LogP contribution in [0.2, 0.25) is 5.02 Å². The summed E-state index contributed by atoms with van der Waals surface area (Å²) < 4.78 is 39.9. The fourth-order valence-electron chi connectivity index (χ4n) is 4.72. The summed E-state index contributed by atoms with van der Waals surface area (Å²) in [4.78, 5) is 13.3. The molecule has 0 radical (unpaired) electrons. The summed E-state index contributed by atoms with van der Waals surface area (Å²) in [6.07, 6.45) is -0.686. The molecule has 4 rings (SSSR count). The van der Waals surface area contributed by atoms with Gasteiger partial charge in [-0.15, -0.1) is 0 Å². The highest BCUT2D eigenvalue weighted by molar-refractivity contribution is 6.31. The first kappa shape index (κ1) is 21.8. The number of hydrogen-bond acceptors (Lipinski definition) is 2. The minimum Gasteiger partial charge on any atom is -0.428 e. The van der Waals surface area contributed by atoms with E-state index in [1.165, 1.54) is 12.1 Å². The minimum atomic E-state index is -4.38. The molecule has 1 heterocycles. The lowest BCUT2D eigenvalue weighted by atomic mass is 9.74. The summed E-state index contributed by atoms with van der Waals surface area (Å²) in [5, 5.41) is 11.8. The molecule has 1 aliphatic rings. The Morgan fingerprint density at radius 3 is 2.52 bits per heavy atom. The fraction of sp³-hybridized carbons (Fsp3) is 0.375. The van der Waals surface area contributed by atoms with Gasteiger partial charge in [0.2, 0.25) is 0 Å². The highest BCUT2D eigenvalue weighted by Crippen LogP contribution is 2.42. The van der Waals surface area contributed by atoms with Crippen LogP contribution in [0, 0.1) is 0 Å². The third-order valence-electron chi connectivity index (χ3n) is 6.28. The number of nitrogens with zero attached hydrogens (tertiary/aromatic N) is 1. The van der Waals surface area contributed by atoms with Crippen LogP contribution in [0.25, 0.3) is 10.9 Å². The lowest BCUT2D eigenvalue weighted by molar-refractivity contribution is -0.137. The van der Waals surface area contributed by atoms with Crippen LogP contribution in [0.15, 0.2) is 47.3 Å². The number of fused-ring (bicyclic) bond motifs is 2. The Morgan fingerprint density at radius 1 is 1.16 bits per heavy atom. The topological polar surface area (TPSA) is 42.2 Å². The van der Waals surface area contributed by atoms with Crippen molar-refractivity contribution in [3.8, 4) is 0 Å². The van der Waals surface area contributed by atoms with E-state index in [1.807, 2.05) is 0 Å². The second kappa shape index (κ2) is 8.23. The molecule has 1 aliphatic carbocycles. The van der Waals surface area contributed by atoms with E-state index < -0.39 is 11.7 Å². The summed E-state index contributed by atoms with van der Waals surface area (Å²) in [6, 6.07) is 10.0. The van der Waals surface area contributed by atoms with Crippen molar-refractivity contribution in [1.29, 1.82) is 0 Å². The molecule has 2 unspecified atom stereocenters. The average molecular weight is 450 g/mol. The average Bonchev–Trinajstić information content (AvgIpc) is 2.74. The van der Waals surface area contributed by atoms with Gasteiger partial charge < -0.3 is 5.21 Å². The first-order valence-electron chi connectivity index (χ1n) is 10.4. The van der Waals surface area contributed by atoms with Crippen molar-refractivity contribution in [3.63, 3.8) is 0 Å². The number of pyridine rings is 1. The van der Waals surface area contributed by atoms with Crippen LogP contribution in [0.4, 0.5) is 13.2 Å². The van der Waals surface area contributed by atoms with E-state index in [-0.39, 0.29) is 17.3 Å². The van der Waals surface area contributed by atoms with Gasteiger partial charge in [-0.25, -0.2) is 0 Å². The number of rotatable bonds is 4. The molecular formula is C24H23ClF3NO2. The summed E-state index contributed by atoms with van der Waals surface area (Å²) >= 11 is 6.08. The van der Waals surface area contributed by atoms with E-state index in [2.05, 4.69) is 6.92 Å². The van der Waals surface area contributed by atoms with Crippen LogP contribution < -0.4 is 5.43 Å². The van der Waals surface area contributed by atoms with E-state index >= 15 is 0 Å². The highest BCUT2D eigenvalue weighted by Gasteiger charge is 2.34. The van der Waals surface area contributed by atoms with Crippen molar-refractivity contribution >= 4 is 22.5 Å². The molecular weight excluding hydrogens is 427 g/mol. The standard InChI is InChI=1S/C24H23ClF3NO2/c1-2-3-4-15-11-16(14-5-7-17(8-6-14)24(26,27)28)12-21-22(15)23(30)19-13-18(25)9-10-20(19)29(21)31/h5-10,13,15-16,31H,2-4,11-12H2,1H3. The molecule has 164 valence electrons. The van der Waals surface area contributed by atoms with Crippen LogP contribution in [0.5, 0.6) is 0 Å². The molecule has 31 heavy (non-hydrogen) atoms. The SMILES string of the molecule is CCCCC1CC(c2ccc(C(F)(F)F)cc2)Cc2c1c(=O)c1cc(Cl)ccc1n2O. The molecule has 3 nitrogen and oxygen atoms in total. The van der Waals surface area contributed by atoms with Gasteiger partial charge in [0.05, 0.1) is 22.2 Å². The molecule has 0 spiro atoms. The van der Waals surface area contributed by atoms with E-state index in [9.17, 15) is 23.2 Å². The Hall–Kier alpha value is -2.47. The number of aromatic nitrogens is 1. The maximum Gasteiger partial charge on any atom is 0.416 e. The molecule has 0 bridgehead atoms. The van der Waals surface area contributed by atoms with Gasteiger partial charge in [0, 0.05) is 10.6 Å². The van der Waals surface area contributed by atoms with Crippen LogP contribution in [-0.2, 0) is 12.6 Å². The lowest BCUT2D eigenvalue weighted by Gasteiger charge is -2.33. The van der Waals surface area contributed by atoms with Crippen LogP contribution in [0.1, 0.15) is 66.8 Å². The predicted molar refractivity (Wildman–Crippen MR) is 115 cm³/mol. The monoisotopic (exact) mass is 449 g/mol. The Balaban J connectivity index is 1.82. The summed E-state index contributed by atoms with van der Waals surface area (Å²) in [5.74, 6) is -0.163. The van der Waals surface area contributed by atoms with Crippen molar-refractivity contribution in [1.82, 2.24) is 4.73 Å². The van der Waals surface area contributed by atoms with Gasteiger partial charge in [-0.2, -0.15) is 17.9 Å². The van der Waals surface area contributed by atoms with Crippen LogP contribution in [0.3, 0.4) is 0 Å². The van der Waals surface area contributed by atoms with Gasteiger partial charge in [-0.05, 0) is 67.0 Å². The largest absolute Gasteiger partial charge is 0.428 e. The molecule has 2 aromatic carbocycles. The number of halogens is 4. The Labute approximate surface area is 183 Å². The summed E-state index contributed by atoms with van der Waals surface area (Å²) in [6.45, 7) is 2.07. The normalized spacial score (nSPS) is 18.9. The van der Waals surface area contributed by atoms with Gasteiger partial charge >= 0.3 is 6.18 Å². The molecule has 0 saturated carbocycles. The molecule has 0 saturated heterocycles. The second-order valence-electron chi connectivity index (χ2n) is 8.26. The Morgan fingerprint density at radius 2 is 1.87 bits per heavy atom. The fourth-order valence-corrected chi connectivity index (χ4v) is 4.89. The molecule has 3 aromatic rings. The van der Waals surface area contributed by atoms with Crippen molar-refractivity contribution in [2.24, 2.45) is 0 Å². The lowest BCUT2D eigenvalue weighted by Crippen LogP contribution is -2.29. The Kier molecular flexibility index (Phi) is 5.77. The number of alkyl halides is 3. The molecule has 7 heteroatoms. The smallest absolute Gasteiger partial charge is 0.416 e. The molecule has 2 atom stereocenters. The number of hydrogen-bond donors (Lipinski definition) is 1. The van der Waals surface area contributed by atoms with Gasteiger partial charge in [-0.3, -0.25) is 4.79 Å². The maximum atomic E-state index is 13.3. The summed E-state index contributed by atoms with van der Waals surface area (Å²) in [5.41, 5.74) is 1.51. The molecule has 0 fully saturated rings. The van der Waals surface area contributed by atoms with Gasteiger partial charge in [0.15, 0.2) is 5.43 Å². The maximum absolute atomic E-state index is 13.3. The number of unbranched alkanes of at least 4 members (excludes halogenated alkanes) is 1. The first-order chi connectivity index (χ1) is 14.7. The Bertz CT molecular complexity index is 1170. The predicted octanol–water partition coefficient (Wildman–Crippen LogP) is 6.91. The highest BCUT2D eigenvalue weighted by atomic mass is 35.5. The van der Waals surface area contributed by atoms with Gasteiger partial charge in [0.1, 0.15) is 0 Å². The van der Waals surface area contributed by atoms with Crippen molar-refractivity contribution < 1.29 is 18.4 Å². The third kappa shape index (κ3) is 4.05. The molecule has 1 aromatic heterocycles. The first-order valence-corrected chi connectivity index (χ1v) is 10.8. The molecule has 0 amide bonds. The zero-order valence-corrected chi connectivity index (χ0v) is 17.8. The van der Waals surface area contributed by atoms with E-state index in [4.69, 9.17) is 11.6 Å². The molecule has 0 aliphatic heterocycles. The van der Waals surface area contributed by atoms with E-state index in [0.717, 1.165) is 41.7 Å². The quantitative estimate of drug-likeness (QED) is 0.439. The van der Waals surface area contributed by atoms with Crippen molar-refractivity contribution in [2.75, 3.05) is 0 Å². The van der Waals surface area contributed by atoms with Gasteiger partial charge in [-0.1, -0.05) is 43.5 Å². The van der Waals surface area contributed by atoms with Crippen molar-refractivity contribution in [2.45, 2.75) is 57.0 Å². The molecule has 1 N–H and O–H groups in total. The summed E-state index contributed by atoms with van der Waals surface area (Å²) in [7, 11) is 0. The van der Waals surface area contributed by atoms with E-state index in [1.54, 1.807) is 18.2 Å². The van der Waals surface area contributed by atoms with Gasteiger partial charge in [0.25, 0.3) is 0 Å². The third-order valence-corrected chi connectivity index (χ3v) is 6.51. The van der Waals surface area contributed by atoms with Crippen molar-refractivity contribution in [3.05, 3.63) is 80.1 Å². The second-order valence-corrected chi connectivity index (χ2v) is 8.69.